The number of aryl methyl sites for hydroxylation is 1. The molecule has 0 radical (unpaired) electrons. The molecule has 5 heteroatoms. The van der Waals surface area contributed by atoms with E-state index in [0.717, 1.165) is 23.1 Å². The largest absolute Gasteiger partial charge is 0.493 e. The van der Waals surface area contributed by atoms with Gasteiger partial charge in [0.1, 0.15) is 11.1 Å². The van der Waals surface area contributed by atoms with Gasteiger partial charge in [0.25, 0.3) is 0 Å². The SMILES string of the molecule is Cc1ccc(-c2ccc(OCCC(C)C)c(P(=O)(O)O)c2)cc1. The number of rotatable bonds is 6. The molecule has 0 aromatic heterocycles. The van der Waals surface area contributed by atoms with Crippen molar-refractivity contribution in [2.24, 2.45) is 5.92 Å². The Labute approximate surface area is 137 Å². The predicted octanol–water partition coefficient (Wildman–Crippen LogP) is 3.89. The second kappa shape index (κ2) is 7.31. The van der Waals surface area contributed by atoms with E-state index in [1.807, 2.05) is 37.3 Å². The summed E-state index contributed by atoms with van der Waals surface area (Å²) in [6.45, 7) is 6.59. The fourth-order valence-electron chi connectivity index (χ4n) is 2.20. The van der Waals surface area contributed by atoms with Gasteiger partial charge in [0.15, 0.2) is 0 Å². The highest BCUT2D eigenvalue weighted by atomic mass is 31.2. The summed E-state index contributed by atoms with van der Waals surface area (Å²) < 4.78 is 17.4. The summed E-state index contributed by atoms with van der Waals surface area (Å²) in [5, 5.41) is -0.0562. The topological polar surface area (TPSA) is 66.8 Å². The van der Waals surface area contributed by atoms with Crippen molar-refractivity contribution >= 4 is 12.9 Å². The van der Waals surface area contributed by atoms with E-state index in [1.165, 1.54) is 6.07 Å². The molecular weight excluding hydrogens is 311 g/mol. The van der Waals surface area contributed by atoms with E-state index in [4.69, 9.17) is 4.74 Å². The van der Waals surface area contributed by atoms with Gasteiger partial charge in [-0.3, -0.25) is 4.57 Å². The van der Waals surface area contributed by atoms with Crippen molar-refractivity contribution in [2.45, 2.75) is 27.2 Å². The summed E-state index contributed by atoms with van der Waals surface area (Å²) in [5.74, 6) is 0.732. The van der Waals surface area contributed by atoms with Crippen LogP contribution in [0.15, 0.2) is 42.5 Å². The average molecular weight is 334 g/mol. The quantitative estimate of drug-likeness (QED) is 0.787. The summed E-state index contributed by atoms with van der Waals surface area (Å²) in [6, 6.07) is 12.8. The van der Waals surface area contributed by atoms with E-state index < -0.39 is 7.60 Å². The number of benzene rings is 2. The van der Waals surface area contributed by atoms with E-state index in [1.54, 1.807) is 6.07 Å². The lowest BCUT2D eigenvalue weighted by atomic mass is 10.0. The average Bonchev–Trinajstić information content (AvgIpc) is 2.47. The van der Waals surface area contributed by atoms with E-state index in [9.17, 15) is 14.4 Å². The number of hydrogen-bond acceptors (Lipinski definition) is 2. The Morgan fingerprint density at radius 1 is 1.04 bits per heavy atom. The fraction of sp³-hybridized carbons (Fsp3) is 0.333. The second-order valence-corrected chi connectivity index (χ2v) is 7.69. The first-order valence-corrected chi connectivity index (χ1v) is 9.28. The molecule has 0 amide bonds. The highest BCUT2D eigenvalue weighted by Crippen LogP contribution is 2.39. The lowest BCUT2D eigenvalue weighted by Gasteiger charge is -2.15. The Bertz CT molecular complexity index is 701. The molecular formula is C18H23O4P. The molecule has 0 aliphatic heterocycles. The molecule has 2 aromatic carbocycles. The zero-order valence-electron chi connectivity index (χ0n) is 13.7. The van der Waals surface area contributed by atoms with Gasteiger partial charge in [-0.2, -0.15) is 0 Å². The van der Waals surface area contributed by atoms with Gasteiger partial charge in [0, 0.05) is 0 Å². The van der Waals surface area contributed by atoms with Crippen LogP contribution in [0.5, 0.6) is 5.75 Å². The van der Waals surface area contributed by atoms with Crippen molar-refractivity contribution in [3.8, 4) is 16.9 Å². The van der Waals surface area contributed by atoms with Crippen molar-refractivity contribution in [2.75, 3.05) is 6.61 Å². The summed E-state index contributed by atoms with van der Waals surface area (Å²) >= 11 is 0. The maximum atomic E-state index is 11.8. The fourth-order valence-corrected chi connectivity index (χ4v) is 2.93. The van der Waals surface area contributed by atoms with Crippen molar-refractivity contribution in [1.82, 2.24) is 0 Å². The molecule has 4 nitrogen and oxygen atoms in total. The Balaban J connectivity index is 2.34. The number of ether oxygens (including phenoxy) is 1. The van der Waals surface area contributed by atoms with E-state index >= 15 is 0 Å². The van der Waals surface area contributed by atoms with Crippen LogP contribution in [0, 0.1) is 12.8 Å². The molecule has 124 valence electrons. The molecule has 0 heterocycles. The monoisotopic (exact) mass is 334 g/mol. The Hall–Kier alpha value is -1.61. The standard InChI is InChI=1S/C18H23O4P/c1-13(2)10-11-22-17-9-8-16(12-18(17)23(19,20)21)15-6-4-14(3)5-7-15/h4-9,12-13H,10-11H2,1-3H3,(H2,19,20,21). The van der Waals surface area contributed by atoms with Crippen molar-refractivity contribution < 1.29 is 19.1 Å². The molecule has 0 saturated carbocycles. The molecule has 2 N–H and O–H groups in total. The summed E-state index contributed by atoms with van der Waals surface area (Å²) in [4.78, 5) is 19.2. The van der Waals surface area contributed by atoms with Gasteiger partial charge in [0.2, 0.25) is 0 Å². The normalized spacial score (nSPS) is 11.7. The van der Waals surface area contributed by atoms with Crippen LogP contribution in [-0.4, -0.2) is 16.4 Å². The summed E-state index contributed by atoms with van der Waals surface area (Å²) in [7, 11) is -4.40. The molecule has 0 saturated heterocycles. The molecule has 0 aliphatic rings. The first kappa shape index (κ1) is 17.7. The molecule has 23 heavy (non-hydrogen) atoms. The van der Waals surface area contributed by atoms with E-state index in [2.05, 4.69) is 13.8 Å². The smallest absolute Gasteiger partial charge is 0.359 e. The maximum absolute atomic E-state index is 11.8. The zero-order valence-corrected chi connectivity index (χ0v) is 14.6. The Morgan fingerprint density at radius 2 is 1.65 bits per heavy atom. The van der Waals surface area contributed by atoms with Gasteiger partial charge in [-0.1, -0.05) is 49.7 Å². The zero-order chi connectivity index (χ0) is 17.0. The van der Waals surface area contributed by atoms with E-state index in [-0.39, 0.29) is 11.1 Å². The minimum atomic E-state index is -4.40. The van der Waals surface area contributed by atoms with Crippen LogP contribution in [0.2, 0.25) is 0 Å². The van der Waals surface area contributed by atoms with Crippen LogP contribution in [-0.2, 0) is 4.57 Å². The van der Waals surface area contributed by atoms with Gasteiger partial charge >= 0.3 is 7.60 Å². The van der Waals surface area contributed by atoms with Gasteiger partial charge in [-0.25, -0.2) is 0 Å². The van der Waals surface area contributed by atoms with Gasteiger partial charge in [-0.05, 0) is 42.5 Å². The van der Waals surface area contributed by atoms with Gasteiger partial charge < -0.3 is 14.5 Å². The van der Waals surface area contributed by atoms with Crippen molar-refractivity contribution in [1.29, 1.82) is 0 Å². The lowest BCUT2D eigenvalue weighted by molar-refractivity contribution is 0.290. The molecule has 2 aromatic rings. The Morgan fingerprint density at radius 3 is 2.22 bits per heavy atom. The van der Waals surface area contributed by atoms with Crippen LogP contribution >= 0.6 is 7.60 Å². The summed E-state index contributed by atoms with van der Waals surface area (Å²) in [6.07, 6.45) is 0.834. The minimum Gasteiger partial charge on any atom is -0.493 e. The predicted molar refractivity (Wildman–Crippen MR) is 93.2 cm³/mol. The van der Waals surface area contributed by atoms with E-state index in [0.29, 0.717) is 12.5 Å². The van der Waals surface area contributed by atoms with Crippen molar-refractivity contribution in [3.63, 3.8) is 0 Å². The maximum Gasteiger partial charge on any atom is 0.359 e. The number of hydrogen-bond donors (Lipinski definition) is 2. The molecule has 0 spiro atoms. The molecule has 0 bridgehead atoms. The van der Waals surface area contributed by atoms with Crippen LogP contribution in [0.25, 0.3) is 11.1 Å². The molecule has 0 unspecified atom stereocenters. The van der Waals surface area contributed by atoms with Crippen molar-refractivity contribution in [3.05, 3.63) is 48.0 Å². The molecule has 0 atom stereocenters. The third-order valence-electron chi connectivity index (χ3n) is 3.61. The lowest BCUT2D eigenvalue weighted by Crippen LogP contribution is -2.12. The van der Waals surface area contributed by atoms with Crippen LogP contribution in [0.1, 0.15) is 25.8 Å². The minimum absolute atomic E-state index is 0.0562. The second-order valence-electron chi connectivity index (χ2n) is 6.12. The Kier molecular flexibility index (Phi) is 5.64. The molecule has 0 fully saturated rings. The highest BCUT2D eigenvalue weighted by Gasteiger charge is 2.23. The third kappa shape index (κ3) is 4.93. The third-order valence-corrected chi connectivity index (χ3v) is 4.59. The molecule has 2 rings (SSSR count). The summed E-state index contributed by atoms with van der Waals surface area (Å²) in [5.41, 5.74) is 2.82. The molecule has 0 aliphatic carbocycles. The van der Waals surface area contributed by atoms with Gasteiger partial charge in [0.05, 0.1) is 6.61 Å². The highest BCUT2D eigenvalue weighted by molar-refractivity contribution is 7.60. The van der Waals surface area contributed by atoms with Crippen LogP contribution in [0.4, 0.5) is 0 Å². The first-order valence-electron chi connectivity index (χ1n) is 7.67. The van der Waals surface area contributed by atoms with Crippen LogP contribution < -0.4 is 10.0 Å². The van der Waals surface area contributed by atoms with Crippen LogP contribution in [0.3, 0.4) is 0 Å². The van der Waals surface area contributed by atoms with Gasteiger partial charge in [-0.15, -0.1) is 0 Å². The first-order chi connectivity index (χ1) is 10.8.